The number of anilines is 1. The number of halogens is 1. The van der Waals surface area contributed by atoms with Gasteiger partial charge in [0.2, 0.25) is 5.91 Å². The number of amides is 1. The number of nitrogens with two attached hydrogens (primary N) is 1. The van der Waals surface area contributed by atoms with E-state index in [1.807, 2.05) is 0 Å². The second-order valence-corrected chi connectivity index (χ2v) is 2.69. The van der Waals surface area contributed by atoms with Crippen LogP contribution in [0.5, 0.6) is 0 Å². The fraction of sp³-hybridized carbons (Fsp3) is 0. The van der Waals surface area contributed by atoms with E-state index in [9.17, 15) is 4.79 Å². The van der Waals surface area contributed by atoms with Gasteiger partial charge in [-0.15, -0.1) is 12.4 Å². The lowest BCUT2D eigenvalue weighted by molar-refractivity contribution is -0.115. The Hall–Kier alpha value is -1.81. The van der Waals surface area contributed by atoms with Crippen molar-refractivity contribution in [3.05, 3.63) is 42.5 Å². The number of rotatable bonds is 2. The molecule has 0 radical (unpaired) electrons. The number of carbonyl (C=O) groups is 1. The van der Waals surface area contributed by atoms with Gasteiger partial charge in [0.15, 0.2) is 0 Å². The predicted octanol–water partition coefficient (Wildman–Crippen LogP) is 1.32. The summed E-state index contributed by atoms with van der Waals surface area (Å²) < 4.78 is 0. The third-order valence-corrected chi connectivity index (χ3v) is 1.63. The summed E-state index contributed by atoms with van der Waals surface area (Å²) in [5.41, 5.74) is 6.71. The highest BCUT2D eigenvalue weighted by Gasteiger charge is 2.02. The van der Waals surface area contributed by atoms with E-state index in [1.165, 1.54) is 0 Å². The van der Waals surface area contributed by atoms with Gasteiger partial charge in [-0.05, 0) is 30.3 Å². The SMILES string of the molecule is C=CC(=O)NC(=N)c1ccc(N)cc1.Cl. The van der Waals surface area contributed by atoms with E-state index in [0.717, 1.165) is 6.08 Å². The summed E-state index contributed by atoms with van der Waals surface area (Å²) in [6.45, 7) is 3.29. The van der Waals surface area contributed by atoms with Crippen LogP contribution >= 0.6 is 12.4 Å². The summed E-state index contributed by atoms with van der Waals surface area (Å²) in [7, 11) is 0. The quantitative estimate of drug-likeness (QED) is 0.307. The molecule has 15 heavy (non-hydrogen) atoms. The van der Waals surface area contributed by atoms with Gasteiger partial charge in [-0.1, -0.05) is 6.58 Å². The highest BCUT2D eigenvalue weighted by molar-refractivity contribution is 6.09. The van der Waals surface area contributed by atoms with Crippen LogP contribution in [0.4, 0.5) is 5.69 Å². The van der Waals surface area contributed by atoms with Crippen molar-refractivity contribution in [3.8, 4) is 0 Å². The van der Waals surface area contributed by atoms with Crippen molar-refractivity contribution < 1.29 is 4.79 Å². The third kappa shape index (κ3) is 3.83. The van der Waals surface area contributed by atoms with E-state index in [0.29, 0.717) is 11.3 Å². The van der Waals surface area contributed by atoms with Crippen molar-refractivity contribution in [2.24, 2.45) is 0 Å². The highest BCUT2D eigenvalue weighted by atomic mass is 35.5. The average Bonchev–Trinajstić information content (AvgIpc) is 2.18. The number of benzene rings is 1. The predicted molar refractivity (Wildman–Crippen MR) is 63.3 cm³/mol. The first kappa shape index (κ1) is 13.2. The van der Waals surface area contributed by atoms with Crippen LogP contribution in [0.15, 0.2) is 36.9 Å². The molecule has 0 bridgehead atoms. The maximum absolute atomic E-state index is 10.9. The van der Waals surface area contributed by atoms with Gasteiger partial charge in [0, 0.05) is 11.3 Å². The van der Waals surface area contributed by atoms with Crippen molar-refractivity contribution in [2.75, 3.05) is 5.73 Å². The summed E-state index contributed by atoms with van der Waals surface area (Å²) in [6.07, 6.45) is 1.12. The van der Waals surface area contributed by atoms with E-state index in [-0.39, 0.29) is 18.2 Å². The maximum Gasteiger partial charge on any atom is 0.248 e. The number of nitrogens with one attached hydrogen (secondary N) is 2. The fourth-order valence-corrected chi connectivity index (χ4v) is 0.896. The van der Waals surface area contributed by atoms with Crippen LogP contribution in [0, 0.1) is 5.41 Å². The highest BCUT2D eigenvalue weighted by Crippen LogP contribution is 2.04. The van der Waals surface area contributed by atoms with Crippen molar-refractivity contribution in [2.45, 2.75) is 0 Å². The smallest absolute Gasteiger partial charge is 0.248 e. The minimum absolute atomic E-state index is 0. The summed E-state index contributed by atoms with van der Waals surface area (Å²) in [5, 5.41) is 9.86. The van der Waals surface area contributed by atoms with Gasteiger partial charge in [0.05, 0.1) is 0 Å². The van der Waals surface area contributed by atoms with Crippen LogP contribution < -0.4 is 11.1 Å². The Bertz CT molecular complexity index is 373. The molecule has 4 nitrogen and oxygen atoms in total. The largest absolute Gasteiger partial charge is 0.399 e. The van der Waals surface area contributed by atoms with Gasteiger partial charge >= 0.3 is 0 Å². The summed E-state index contributed by atoms with van der Waals surface area (Å²) in [5.74, 6) is -0.360. The third-order valence-electron chi connectivity index (χ3n) is 1.63. The zero-order valence-corrected chi connectivity index (χ0v) is 8.80. The summed E-state index contributed by atoms with van der Waals surface area (Å²) in [6, 6.07) is 6.68. The Balaban J connectivity index is 0.00000196. The molecule has 0 heterocycles. The fourth-order valence-electron chi connectivity index (χ4n) is 0.896. The van der Waals surface area contributed by atoms with Gasteiger partial charge in [-0.2, -0.15) is 0 Å². The van der Waals surface area contributed by atoms with Crippen molar-refractivity contribution in [1.29, 1.82) is 5.41 Å². The molecule has 0 saturated heterocycles. The first-order valence-corrected chi connectivity index (χ1v) is 4.01. The average molecular weight is 226 g/mol. The van der Waals surface area contributed by atoms with Gasteiger partial charge in [-0.25, -0.2) is 0 Å². The van der Waals surface area contributed by atoms with Gasteiger partial charge < -0.3 is 11.1 Å². The van der Waals surface area contributed by atoms with Crippen LogP contribution in [0.2, 0.25) is 0 Å². The minimum Gasteiger partial charge on any atom is -0.399 e. The molecule has 0 fully saturated rings. The molecule has 0 aliphatic heterocycles. The van der Waals surface area contributed by atoms with E-state index in [4.69, 9.17) is 11.1 Å². The maximum atomic E-state index is 10.9. The normalized spacial score (nSPS) is 8.53. The molecule has 1 amide bonds. The minimum atomic E-state index is -0.396. The lowest BCUT2D eigenvalue weighted by atomic mass is 10.2. The Morgan fingerprint density at radius 1 is 1.40 bits per heavy atom. The molecule has 5 heteroatoms. The van der Waals surface area contributed by atoms with Gasteiger partial charge in [-0.3, -0.25) is 10.2 Å². The topological polar surface area (TPSA) is 79.0 Å². The Kier molecular flexibility index (Phi) is 5.12. The molecule has 0 aliphatic rings. The molecule has 80 valence electrons. The summed E-state index contributed by atoms with van der Waals surface area (Å²) in [4.78, 5) is 10.9. The molecular weight excluding hydrogens is 214 g/mol. The van der Waals surface area contributed by atoms with E-state index in [1.54, 1.807) is 24.3 Å². The Labute approximate surface area is 94.1 Å². The van der Waals surface area contributed by atoms with Crippen LogP contribution in [0.25, 0.3) is 0 Å². The molecule has 1 rings (SSSR count). The molecule has 1 aromatic carbocycles. The van der Waals surface area contributed by atoms with E-state index in [2.05, 4.69) is 11.9 Å². The second kappa shape index (κ2) is 5.82. The van der Waals surface area contributed by atoms with Crippen molar-refractivity contribution in [1.82, 2.24) is 5.32 Å². The molecule has 0 saturated carbocycles. The zero-order chi connectivity index (χ0) is 10.6. The molecule has 4 N–H and O–H groups in total. The number of carbonyl (C=O) groups excluding carboxylic acids is 1. The van der Waals surface area contributed by atoms with Crippen LogP contribution in [0.1, 0.15) is 5.56 Å². The number of hydrogen-bond acceptors (Lipinski definition) is 3. The molecule has 0 unspecified atom stereocenters. The zero-order valence-electron chi connectivity index (χ0n) is 7.99. The van der Waals surface area contributed by atoms with E-state index >= 15 is 0 Å². The number of hydrogen-bond donors (Lipinski definition) is 3. The number of nitrogen functional groups attached to an aromatic ring is 1. The molecule has 0 aliphatic carbocycles. The Morgan fingerprint density at radius 2 is 1.93 bits per heavy atom. The lowest BCUT2D eigenvalue weighted by Crippen LogP contribution is -2.28. The Morgan fingerprint density at radius 3 is 2.40 bits per heavy atom. The van der Waals surface area contributed by atoms with Crippen LogP contribution in [-0.2, 0) is 4.79 Å². The monoisotopic (exact) mass is 225 g/mol. The standard InChI is InChI=1S/C10H11N3O.ClH/c1-2-9(14)13-10(12)7-3-5-8(11)6-4-7;/h2-6H,1,11H2,(H2,12,13,14);1H. The van der Waals surface area contributed by atoms with Crippen molar-refractivity contribution >= 4 is 29.8 Å². The number of amidine groups is 1. The first-order chi connectivity index (χ1) is 6.63. The van der Waals surface area contributed by atoms with Crippen LogP contribution in [0.3, 0.4) is 0 Å². The van der Waals surface area contributed by atoms with Crippen molar-refractivity contribution in [3.63, 3.8) is 0 Å². The van der Waals surface area contributed by atoms with E-state index < -0.39 is 5.91 Å². The molecule has 1 aromatic rings. The second-order valence-electron chi connectivity index (χ2n) is 2.69. The lowest BCUT2D eigenvalue weighted by Gasteiger charge is -2.04. The van der Waals surface area contributed by atoms with Gasteiger partial charge in [0.1, 0.15) is 5.84 Å². The summed E-state index contributed by atoms with van der Waals surface area (Å²) >= 11 is 0. The van der Waals surface area contributed by atoms with Crippen LogP contribution in [-0.4, -0.2) is 11.7 Å². The molecular formula is C10H12ClN3O. The van der Waals surface area contributed by atoms with Gasteiger partial charge in [0.25, 0.3) is 0 Å². The first-order valence-electron chi connectivity index (χ1n) is 4.01. The molecule has 0 aromatic heterocycles. The molecule has 0 atom stereocenters. The molecule has 0 spiro atoms.